The summed E-state index contributed by atoms with van der Waals surface area (Å²) in [6.45, 7) is 4.58. The van der Waals surface area contributed by atoms with Crippen molar-refractivity contribution in [3.05, 3.63) is 98.0 Å². The van der Waals surface area contributed by atoms with Gasteiger partial charge in [-0.1, -0.05) is 54.1 Å². The molecule has 0 amide bonds. The lowest BCUT2D eigenvalue weighted by atomic mass is 9.85. The largest absolute Gasteiger partial charge is 0.122 e. The molecule has 0 fully saturated rings. The van der Waals surface area contributed by atoms with E-state index in [0.29, 0.717) is 5.25 Å². The quantitative estimate of drug-likeness (QED) is 0.600. The molecule has 1 heteroatoms. The van der Waals surface area contributed by atoms with Gasteiger partial charge in [0, 0.05) is 0 Å². The van der Waals surface area contributed by atoms with Crippen LogP contribution < -0.4 is 0 Å². The van der Waals surface area contributed by atoms with E-state index < -0.39 is 0 Å². The minimum atomic E-state index is 0.531. The predicted molar refractivity (Wildman–Crippen MR) is 109 cm³/mol. The summed E-state index contributed by atoms with van der Waals surface area (Å²) in [6, 6.07) is 8.81. The van der Waals surface area contributed by atoms with Gasteiger partial charge in [-0.25, -0.2) is 0 Å². The van der Waals surface area contributed by atoms with E-state index in [4.69, 9.17) is 0 Å². The maximum Gasteiger partial charge on any atom is 0.0530 e. The Morgan fingerprint density at radius 1 is 1.04 bits per heavy atom. The van der Waals surface area contributed by atoms with Crippen molar-refractivity contribution in [2.75, 3.05) is 0 Å². The fourth-order valence-corrected chi connectivity index (χ4v) is 5.54. The van der Waals surface area contributed by atoms with E-state index in [1.165, 1.54) is 45.4 Å². The number of hydrogen-bond acceptors (Lipinski definition) is 1. The topological polar surface area (TPSA) is 0 Å². The molecular weight excluding hydrogens is 320 g/mol. The molecule has 3 aliphatic carbocycles. The molecule has 1 atom stereocenters. The molecule has 0 bridgehead atoms. The summed E-state index contributed by atoms with van der Waals surface area (Å²) >= 11 is 1.94. The van der Waals surface area contributed by atoms with Gasteiger partial charge in [0.1, 0.15) is 0 Å². The Bertz CT molecular complexity index is 960. The molecule has 5 rings (SSSR count). The van der Waals surface area contributed by atoms with Gasteiger partial charge in [0.2, 0.25) is 0 Å². The lowest BCUT2D eigenvalue weighted by Crippen LogP contribution is -2.10. The zero-order valence-corrected chi connectivity index (χ0v) is 15.6. The van der Waals surface area contributed by atoms with Crippen LogP contribution in [-0.4, -0.2) is 5.25 Å². The zero-order valence-electron chi connectivity index (χ0n) is 14.8. The number of benzene rings is 1. The second-order valence-electron chi connectivity index (χ2n) is 7.42. The van der Waals surface area contributed by atoms with Crippen LogP contribution in [0.5, 0.6) is 0 Å². The second kappa shape index (κ2) is 5.78. The van der Waals surface area contributed by atoms with Crippen molar-refractivity contribution >= 4 is 17.8 Å². The Kier molecular flexibility index (Phi) is 3.53. The Morgan fingerprint density at radius 2 is 1.92 bits per heavy atom. The number of fused-ring (bicyclic) bond motifs is 3. The highest BCUT2D eigenvalue weighted by molar-refractivity contribution is 8.03. The Morgan fingerprint density at radius 3 is 2.80 bits per heavy atom. The summed E-state index contributed by atoms with van der Waals surface area (Å²) in [4.78, 5) is 0. The molecule has 1 aliphatic heterocycles. The van der Waals surface area contributed by atoms with Gasteiger partial charge >= 0.3 is 0 Å². The smallest absolute Gasteiger partial charge is 0.0530 e. The summed E-state index contributed by atoms with van der Waals surface area (Å²) in [5.41, 5.74) is 13.5. The van der Waals surface area contributed by atoms with E-state index in [2.05, 4.69) is 67.8 Å². The van der Waals surface area contributed by atoms with E-state index >= 15 is 0 Å². The van der Waals surface area contributed by atoms with Gasteiger partial charge in [0.05, 0.1) is 5.25 Å². The second-order valence-corrected chi connectivity index (χ2v) is 8.47. The molecule has 25 heavy (non-hydrogen) atoms. The van der Waals surface area contributed by atoms with Gasteiger partial charge in [0.15, 0.2) is 0 Å². The molecule has 4 aliphatic rings. The molecule has 0 saturated carbocycles. The van der Waals surface area contributed by atoms with Crippen molar-refractivity contribution in [3.63, 3.8) is 0 Å². The van der Waals surface area contributed by atoms with Crippen LogP contribution in [0.15, 0.2) is 86.9 Å². The lowest BCUT2D eigenvalue weighted by Gasteiger charge is -2.22. The molecule has 1 aromatic carbocycles. The van der Waals surface area contributed by atoms with Crippen molar-refractivity contribution in [1.82, 2.24) is 0 Å². The standard InChI is InChI=1S/C24H22S/c1-15-11-22-16(2)21-9-10-25-24(21)14-23(22)20(15)8-7-17-12-18-5-3-4-6-19(18)13-17/h3-6,9-12,14,24H,7-8,13H2,1-2H3. The molecule has 1 unspecified atom stereocenters. The SMILES string of the molecule is CC1=C(CCC2=Cc3ccccc3C2)C2=CC3SC=CC3=C(C)C2=C1. The van der Waals surface area contributed by atoms with Crippen LogP contribution in [0.1, 0.15) is 37.8 Å². The predicted octanol–water partition coefficient (Wildman–Crippen LogP) is 6.55. The van der Waals surface area contributed by atoms with Crippen LogP contribution >= 0.6 is 11.8 Å². The van der Waals surface area contributed by atoms with Crippen LogP contribution in [0.4, 0.5) is 0 Å². The summed E-state index contributed by atoms with van der Waals surface area (Å²) < 4.78 is 0. The van der Waals surface area contributed by atoms with Crippen molar-refractivity contribution in [1.29, 1.82) is 0 Å². The summed E-state index contributed by atoms with van der Waals surface area (Å²) in [6.07, 6.45) is 13.1. The van der Waals surface area contributed by atoms with Crippen LogP contribution in [-0.2, 0) is 6.42 Å². The van der Waals surface area contributed by atoms with Crippen LogP contribution in [0.3, 0.4) is 0 Å². The van der Waals surface area contributed by atoms with Crippen LogP contribution in [0.25, 0.3) is 6.08 Å². The Balaban J connectivity index is 1.36. The molecule has 0 N–H and O–H groups in total. The highest BCUT2D eigenvalue weighted by Gasteiger charge is 2.30. The minimum absolute atomic E-state index is 0.531. The van der Waals surface area contributed by atoms with Gasteiger partial charge in [-0.15, -0.1) is 11.8 Å². The molecule has 124 valence electrons. The third-order valence-electron chi connectivity index (χ3n) is 5.91. The summed E-state index contributed by atoms with van der Waals surface area (Å²) in [7, 11) is 0. The van der Waals surface area contributed by atoms with E-state index in [0.717, 1.165) is 12.8 Å². The van der Waals surface area contributed by atoms with Crippen LogP contribution in [0, 0.1) is 0 Å². The third-order valence-corrected chi connectivity index (χ3v) is 6.89. The van der Waals surface area contributed by atoms with E-state index in [1.54, 1.807) is 11.1 Å². The molecular formula is C24H22S. The first-order chi connectivity index (χ1) is 12.2. The first-order valence-corrected chi connectivity index (χ1v) is 10.1. The van der Waals surface area contributed by atoms with E-state index in [9.17, 15) is 0 Å². The van der Waals surface area contributed by atoms with E-state index in [-0.39, 0.29) is 0 Å². The molecule has 1 heterocycles. The normalized spacial score (nSPS) is 23.4. The van der Waals surface area contributed by atoms with Gasteiger partial charge in [-0.2, -0.15) is 0 Å². The third kappa shape index (κ3) is 2.45. The van der Waals surface area contributed by atoms with Gasteiger partial charge < -0.3 is 0 Å². The Hall–Kier alpha value is -1.99. The highest BCUT2D eigenvalue weighted by atomic mass is 32.2. The number of allylic oxidation sites excluding steroid dienone is 8. The maximum atomic E-state index is 2.50. The van der Waals surface area contributed by atoms with Crippen LogP contribution in [0.2, 0.25) is 0 Å². The minimum Gasteiger partial charge on any atom is -0.122 e. The van der Waals surface area contributed by atoms with Crippen molar-refractivity contribution in [2.24, 2.45) is 0 Å². The average molecular weight is 343 g/mol. The van der Waals surface area contributed by atoms with Crippen molar-refractivity contribution in [3.8, 4) is 0 Å². The zero-order chi connectivity index (χ0) is 17.0. The first kappa shape index (κ1) is 15.3. The monoisotopic (exact) mass is 342 g/mol. The average Bonchev–Trinajstić information content (AvgIpc) is 3.30. The first-order valence-electron chi connectivity index (χ1n) is 9.15. The van der Waals surface area contributed by atoms with E-state index in [1.807, 2.05) is 11.8 Å². The number of thioether (sulfide) groups is 1. The van der Waals surface area contributed by atoms with Gasteiger partial charge in [-0.3, -0.25) is 0 Å². The molecule has 0 radical (unpaired) electrons. The number of hydrogen-bond donors (Lipinski definition) is 0. The molecule has 0 saturated heterocycles. The fourth-order valence-electron chi connectivity index (χ4n) is 4.53. The molecule has 0 nitrogen and oxygen atoms in total. The van der Waals surface area contributed by atoms with Gasteiger partial charge in [-0.05, 0) is 83.1 Å². The fraction of sp³-hybridized carbons (Fsp3) is 0.250. The maximum absolute atomic E-state index is 2.50. The highest BCUT2D eigenvalue weighted by Crippen LogP contribution is 2.47. The Labute approximate surface area is 154 Å². The lowest BCUT2D eigenvalue weighted by molar-refractivity contribution is 0.906. The van der Waals surface area contributed by atoms with Gasteiger partial charge in [0.25, 0.3) is 0 Å². The molecule has 0 aromatic heterocycles. The van der Waals surface area contributed by atoms with Crippen molar-refractivity contribution < 1.29 is 0 Å². The number of rotatable bonds is 3. The molecule has 0 spiro atoms. The summed E-state index contributed by atoms with van der Waals surface area (Å²) in [5, 5.41) is 2.78. The van der Waals surface area contributed by atoms with Crippen molar-refractivity contribution in [2.45, 2.75) is 38.4 Å². The molecule has 1 aromatic rings. The summed E-state index contributed by atoms with van der Waals surface area (Å²) in [5.74, 6) is 0.